The Morgan fingerprint density at radius 3 is 2.65 bits per heavy atom. The first-order chi connectivity index (χ1) is 11.0. The Kier molecular flexibility index (Phi) is 7.98. The molecule has 1 atom stereocenters. The summed E-state index contributed by atoms with van der Waals surface area (Å²) in [5.74, 6) is 0.378. The second kappa shape index (κ2) is 9.47. The van der Waals surface area contributed by atoms with Gasteiger partial charge >= 0.3 is 0 Å². The minimum Gasteiger partial charge on any atom is -0.475 e. The molecule has 1 heterocycles. The highest BCUT2D eigenvalue weighted by atomic mass is 16.5. The first-order valence-corrected chi connectivity index (χ1v) is 7.91. The van der Waals surface area contributed by atoms with Crippen LogP contribution in [0.3, 0.4) is 0 Å². The molecule has 1 amide bonds. The molecule has 1 unspecified atom stereocenters. The molecular formula is C17H28N2O4. The first kappa shape index (κ1) is 19.4. The van der Waals surface area contributed by atoms with Crippen molar-refractivity contribution in [3.05, 3.63) is 17.8 Å². The molecule has 0 aliphatic heterocycles. The van der Waals surface area contributed by atoms with E-state index in [9.17, 15) is 4.79 Å². The third kappa shape index (κ3) is 5.80. The van der Waals surface area contributed by atoms with Crippen LogP contribution in [0.15, 0.2) is 12.3 Å². The van der Waals surface area contributed by atoms with E-state index in [2.05, 4.69) is 17.2 Å². The van der Waals surface area contributed by atoms with Crippen molar-refractivity contribution in [2.45, 2.75) is 45.6 Å². The summed E-state index contributed by atoms with van der Waals surface area (Å²) in [7, 11) is 3.18. The number of hydrogen-bond donors (Lipinski definition) is 1. The van der Waals surface area contributed by atoms with Crippen molar-refractivity contribution >= 4 is 11.6 Å². The standard InChI is InChI=1S/C17H28N2O4/c1-6-7-8-17(3,22-5)16(20)19-14-11-13(2)15(18-12-14)23-10-9-21-4/h11-12H,6-10H2,1-5H3,(H,19,20). The second-order valence-electron chi connectivity index (χ2n) is 5.68. The lowest BCUT2D eigenvalue weighted by Crippen LogP contribution is -2.42. The average molecular weight is 324 g/mol. The Hall–Kier alpha value is -1.66. The van der Waals surface area contributed by atoms with Crippen LogP contribution in [0.2, 0.25) is 0 Å². The van der Waals surface area contributed by atoms with Gasteiger partial charge in [-0.25, -0.2) is 4.98 Å². The molecular weight excluding hydrogens is 296 g/mol. The number of ether oxygens (including phenoxy) is 3. The lowest BCUT2D eigenvalue weighted by atomic mass is 9.97. The highest BCUT2D eigenvalue weighted by Crippen LogP contribution is 2.23. The number of hydrogen-bond acceptors (Lipinski definition) is 5. The molecule has 130 valence electrons. The van der Waals surface area contributed by atoms with Gasteiger partial charge < -0.3 is 19.5 Å². The molecule has 0 bridgehead atoms. The summed E-state index contributed by atoms with van der Waals surface area (Å²) in [5, 5.41) is 2.87. The number of aryl methyl sites for hydroxylation is 1. The van der Waals surface area contributed by atoms with E-state index in [4.69, 9.17) is 14.2 Å². The summed E-state index contributed by atoms with van der Waals surface area (Å²) in [6.07, 6.45) is 4.21. The maximum Gasteiger partial charge on any atom is 0.256 e. The van der Waals surface area contributed by atoms with E-state index in [0.29, 0.717) is 31.2 Å². The number of nitrogens with one attached hydrogen (secondary N) is 1. The van der Waals surface area contributed by atoms with Crippen LogP contribution in [0.5, 0.6) is 5.88 Å². The van der Waals surface area contributed by atoms with E-state index in [1.165, 1.54) is 0 Å². The minimum atomic E-state index is -0.836. The van der Waals surface area contributed by atoms with Crippen molar-refractivity contribution in [1.82, 2.24) is 4.98 Å². The number of anilines is 1. The van der Waals surface area contributed by atoms with Gasteiger partial charge in [-0.05, 0) is 26.3 Å². The van der Waals surface area contributed by atoms with Gasteiger partial charge in [0.15, 0.2) is 0 Å². The molecule has 6 heteroatoms. The fourth-order valence-corrected chi connectivity index (χ4v) is 2.09. The van der Waals surface area contributed by atoms with Crippen LogP contribution < -0.4 is 10.1 Å². The maximum absolute atomic E-state index is 12.5. The summed E-state index contributed by atoms with van der Waals surface area (Å²) < 4.78 is 15.9. The summed E-state index contributed by atoms with van der Waals surface area (Å²) in [6, 6.07) is 1.84. The molecule has 0 saturated carbocycles. The molecule has 0 saturated heterocycles. The monoisotopic (exact) mass is 324 g/mol. The van der Waals surface area contributed by atoms with Crippen molar-refractivity contribution in [3.8, 4) is 5.88 Å². The third-order valence-corrected chi connectivity index (χ3v) is 3.75. The maximum atomic E-state index is 12.5. The predicted octanol–water partition coefficient (Wildman–Crippen LogP) is 2.95. The third-order valence-electron chi connectivity index (χ3n) is 3.75. The van der Waals surface area contributed by atoms with Gasteiger partial charge in [-0.15, -0.1) is 0 Å². The molecule has 1 N–H and O–H groups in total. The van der Waals surface area contributed by atoms with Crippen LogP contribution in [-0.4, -0.2) is 43.9 Å². The zero-order valence-electron chi connectivity index (χ0n) is 14.8. The van der Waals surface area contributed by atoms with E-state index >= 15 is 0 Å². The number of aromatic nitrogens is 1. The van der Waals surface area contributed by atoms with Gasteiger partial charge in [0.05, 0.1) is 18.5 Å². The number of unbranched alkanes of at least 4 members (excludes halogenated alkanes) is 1. The van der Waals surface area contributed by atoms with Crippen molar-refractivity contribution in [2.24, 2.45) is 0 Å². The van der Waals surface area contributed by atoms with E-state index in [1.807, 2.05) is 13.0 Å². The van der Waals surface area contributed by atoms with Gasteiger partial charge in [-0.1, -0.05) is 19.8 Å². The minimum absolute atomic E-state index is 0.164. The largest absolute Gasteiger partial charge is 0.475 e. The highest BCUT2D eigenvalue weighted by Gasteiger charge is 2.32. The van der Waals surface area contributed by atoms with Crippen LogP contribution in [0.4, 0.5) is 5.69 Å². The Labute approximate surface area is 138 Å². The van der Waals surface area contributed by atoms with Crippen molar-refractivity contribution < 1.29 is 19.0 Å². The van der Waals surface area contributed by atoms with Crippen molar-refractivity contribution in [2.75, 3.05) is 32.8 Å². The predicted molar refractivity (Wildman–Crippen MR) is 89.9 cm³/mol. The quantitative estimate of drug-likeness (QED) is 0.670. The molecule has 1 aromatic rings. The lowest BCUT2D eigenvalue weighted by molar-refractivity contribution is -0.136. The van der Waals surface area contributed by atoms with Gasteiger partial charge in [0.1, 0.15) is 12.2 Å². The smallest absolute Gasteiger partial charge is 0.256 e. The number of nitrogens with zero attached hydrogens (tertiary/aromatic N) is 1. The van der Waals surface area contributed by atoms with Gasteiger partial charge in [0.2, 0.25) is 5.88 Å². The first-order valence-electron chi connectivity index (χ1n) is 7.91. The number of carbonyl (C=O) groups is 1. The number of amides is 1. The fourth-order valence-electron chi connectivity index (χ4n) is 2.09. The van der Waals surface area contributed by atoms with Gasteiger partial charge in [-0.2, -0.15) is 0 Å². The number of carbonyl (C=O) groups excluding carboxylic acids is 1. The summed E-state index contributed by atoms with van der Waals surface area (Å²) in [5.41, 5.74) is 0.648. The van der Waals surface area contributed by atoms with Gasteiger partial charge in [0, 0.05) is 19.8 Å². The van der Waals surface area contributed by atoms with Gasteiger partial charge in [-0.3, -0.25) is 4.79 Å². The number of pyridine rings is 1. The zero-order chi connectivity index (χ0) is 17.3. The SMILES string of the molecule is CCCCC(C)(OC)C(=O)Nc1cnc(OCCOC)c(C)c1. The molecule has 0 radical (unpaired) electrons. The van der Waals surface area contributed by atoms with Crippen molar-refractivity contribution in [3.63, 3.8) is 0 Å². The zero-order valence-corrected chi connectivity index (χ0v) is 14.8. The summed E-state index contributed by atoms with van der Waals surface area (Å²) in [4.78, 5) is 16.7. The molecule has 0 spiro atoms. The summed E-state index contributed by atoms with van der Waals surface area (Å²) >= 11 is 0. The Balaban J connectivity index is 2.72. The molecule has 1 rings (SSSR count). The number of rotatable bonds is 10. The molecule has 0 aliphatic carbocycles. The van der Waals surface area contributed by atoms with Crippen LogP contribution in [0.1, 0.15) is 38.7 Å². The van der Waals surface area contributed by atoms with Crippen LogP contribution in [0, 0.1) is 6.92 Å². The molecule has 6 nitrogen and oxygen atoms in total. The average Bonchev–Trinajstić information content (AvgIpc) is 2.54. The lowest BCUT2D eigenvalue weighted by Gasteiger charge is -2.26. The van der Waals surface area contributed by atoms with E-state index < -0.39 is 5.60 Å². The number of methoxy groups -OCH3 is 2. The normalized spacial score (nSPS) is 13.4. The molecule has 0 aromatic carbocycles. The molecule has 23 heavy (non-hydrogen) atoms. The van der Waals surface area contributed by atoms with E-state index in [0.717, 1.165) is 18.4 Å². The Morgan fingerprint density at radius 2 is 2.09 bits per heavy atom. The second-order valence-corrected chi connectivity index (χ2v) is 5.68. The van der Waals surface area contributed by atoms with Crippen LogP contribution >= 0.6 is 0 Å². The highest BCUT2D eigenvalue weighted by molar-refractivity contribution is 5.97. The van der Waals surface area contributed by atoms with E-state index in [1.54, 1.807) is 27.3 Å². The van der Waals surface area contributed by atoms with Gasteiger partial charge in [0.25, 0.3) is 5.91 Å². The molecule has 0 fully saturated rings. The Bertz CT molecular complexity index is 507. The van der Waals surface area contributed by atoms with Crippen LogP contribution in [0.25, 0.3) is 0 Å². The molecule has 0 aliphatic rings. The Morgan fingerprint density at radius 1 is 1.35 bits per heavy atom. The topological polar surface area (TPSA) is 69.7 Å². The van der Waals surface area contributed by atoms with E-state index in [-0.39, 0.29) is 5.91 Å². The molecule has 1 aromatic heterocycles. The summed E-state index contributed by atoms with van der Waals surface area (Å²) in [6.45, 7) is 6.72. The van der Waals surface area contributed by atoms with Crippen LogP contribution in [-0.2, 0) is 14.3 Å². The fraction of sp³-hybridized carbons (Fsp3) is 0.647. The van der Waals surface area contributed by atoms with Crippen molar-refractivity contribution in [1.29, 1.82) is 0 Å².